The van der Waals surface area contributed by atoms with Crippen LogP contribution in [0.4, 0.5) is 5.82 Å². The molecule has 0 saturated carbocycles. The molecule has 1 N–H and O–H groups in total. The fourth-order valence-electron chi connectivity index (χ4n) is 3.23. The first-order valence-corrected chi connectivity index (χ1v) is 10.2. The second kappa shape index (κ2) is 7.69. The van der Waals surface area contributed by atoms with E-state index in [1.165, 1.54) is 23.5 Å². The van der Waals surface area contributed by atoms with Gasteiger partial charge in [-0.25, -0.2) is 8.42 Å². The van der Waals surface area contributed by atoms with Crippen molar-refractivity contribution in [2.75, 3.05) is 25.5 Å². The fraction of sp³-hybridized carbons (Fsp3) is 0.444. The molecule has 1 aliphatic heterocycles. The van der Waals surface area contributed by atoms with E-state index < -0.39 is 15.9 Å². The number of sulfonamides is 1. The fourth-order valence-corrected chi connectivity index (χ4v) is 4.75. The Hall–Kier alpha value is -2.39. The van der Waals surface area contributed by atoms with E-state index in [0.717, 1.165) is 5.69 Å². The number of hydrogen-bond donors (Lipinski definition) is 1. The van der Waals surface area contributed by atoms with Crippen molar-refractivity contribution in [3.8, 4) is 5.75 Å². The average molecular weight is 392 g/mol. The Morgan fingerprint density at radius 2 is 2.00 bits per heavy atom. The van der Waals surface area contributed by atoms with Gasteiger partial charge >= 0.3 is 0 Å². The van der Waals surface area contributed by atoms with Crippen molar-refractivity contribution in [1.29, 1.82) is 0 Å². The highest BCUT2D eigenvalue weighted by atomic mass is 32.2. The molecule has 8 nitrogen and oxygen atoms in total. The predicted molar refractivity (Wildman–Crippen MR) is 101 cm³/mol. The molecule has 27 heavy (non-hydrogen) atoms. The van der Waals surface area contributed by atoms with Crippen LogP contribution in [-0.2, 0) is 21.9 Å². The second-order valence-corrected chi connectivity index (χ2v) is 8.60. The summed E-state index contributed by atoms with van der Waals surface area (Å²) in [7, 11) is -0.367. The summed E-state index contributed by atoms with van der Waals surface area (Å²) in [6.07, 6.45) is 1.29. The number of nitrogens with one attached hydrogen (secondary N) is 1. The van der Waals surface area contributed by atoms with Gasteiger partial charge in [0.25, 0.3) is 0 Å². The maximum absolute atomic E-state index is 12.9. The SMILES string of the molecule is COc1ccc(S(=O)(=O)N2CCC[C@H](C(=O)Nc3cc(C)nn3C)C2)cc1. The van der Waals surface area contributed by atoms with Gasteiger partial charge in [0.05, 0.1) is 23.6 Å². The number of rotatable bonds is 5. The molecule has 1 fully saturated rings. The lowest BCUT2D eigenvalue weighted by atomic mass is 9.99. The summed E-state index contributed by atoms with van der Waals surface area (Å²) in [5.41, 5.74) is 0.806. The largest absolute Gasteiger partial charge is 0.497 e. The molecule has 0 spiro atoms. The summed E-state index contributed by atoms with van der Waals surface area (Å²) in [6, 6.07) is 8.07. The highest BCUT2D eigenvalue weighted by Gasteiger charge is 2.33. The topological polar surface area (TPSA) is 93.5 Å². The molecule has 9 heteroatoms. The maximum atomic E-state index is 12.9. The summed E-state index contributed by atoms with van der Waals surface area (Å²) < 4.78 is 33.9. The second-order valence-electron chi connectivity index (χ2n) is 6.66. The van der Waals surface area contributed by atoms with E-state index >= 15 is 0 Å². The molecular formula is C18H24N4O4S. The van der Waals surface area contributed by atoms with Gasteiger partial charge in [0.15, 0.2) is 0 Å². The Morgan fingerprint density at radius 1 is 1.30 bits per heavy atom. The van der Waals surface area contributed by atoms with Crippen molar-refractivity contribution < 1.29 is 17.9 Å². The van der Waals surface area contributed by atoms with Gasteiger partial charge in [0.1, 0.15) is 11.6 Å². The van der Waals surface area contributed by atoms with Gasteiger partial charge < -0.3 is 10.1 Å². The van der Waals surface area contributed by atoms with Crippen LogP contribution in [0, 0.1) is 12.8 Å². The number of anilines is 1. The number of hydrogen-bond acceptors (Lipinski definition) is 5. The van der Waals surface area contributed by atoms with E-state index in [9.17, 15) is 13.2 Å². The van der Waals surface area contributed by atoms with Crippen molar-refractivity contribution in [3.05, 3.63) is 36.0 Å². The Morgan fingerprint density at radius 3 is 2.59 bits per heavy atom. The third kappa shape index (κ3) is 4.14. The molecule has 1 atom stereocenters. The van der Waals surface area contributed by atoms with Crippen LogP contribution in [0.1, 0.15) is 18.5 Å². The van der Waals surface area contributed by atoms with Crippen molar-refractivity contribution in [2.24, 2.45) is 13.0 Å². The number of benzene rings is 1. The third-order valence-electron chi connectivity index (χ3n) is 4.71. The normalized spacial score (nSPS) is 18.3. The minimum absolute atomic E-state index is 0.164. The Labute approximate surface area is 159 Å². The maximum Gasteiger partial charge on any atom is 0.243 e. The van der Waals surface area contributed by atoms with Gasteiger partial charge in [-0.2, -0.15) is 9.40 Å². The van der Waals surface area contributed by atoms with E-state index in [4.69, 9.17) is 4.74 Å². The Bertz CT molecular complexity index is 921. The first kappa shape index (κ1) is 19.4. The van der Waals surface area contributed by atoms with E-state index in [1.54, 1.807) is 29.9 Å². The summed E-state index contributed by atoms with van der Waals surface area (Å²) in [4.78, 5) is 12.8. The van der Waals surface area contributed by atoms with E-state index in [1.807, 2.05) is 6.92 Å². The summed E-state index contributed by atoms with van der Waals surface area (Å²) >= 11 is 0. The first-order valence-electron chi connectivity index (χ1n) is 8.77. The van der Waals surface area contributed by atoms with Crippen molar-refractivity contribution >= 4 is 21.7 Å². The van der Waals surface area contributed by atoms with E-state index in [-0.39, 0.29) is 17.3 Å². The Balaban J connectivity index is 1.72. The number of methoxy groups -OCH3 is 1. The molecule has 1 aliphatic rings. The molecule has 0 radical (unpaired) electrons. The lowest BCUT2D eigenvalue weighted by molar-refractivity contribution is -0.120. The molecule has 1 aromatic carbocycles. The minimum Gasteiger partial charge on any atom is -0.497 e. The van der Waals surface area contributed by atoms with Gasteiger partial charge in [-0.1, -0.05) is 0 Å². The molecule has 0 aliphatic carbocycles. The predicted octanol–water partition coefficient (Wildman–Crippen LogP) is 1.78. The van der Waals surface area contributed by atoms with Crippen LogP contribution < -0.4 is 10.1 Å². The van der Waals surface area contributed by atoms with Crippen molar-refractivity contribution in [1.82, 2.24) is 14.1 Å². The number of aryl methyl sites for hydroxylation is 2. The molecule has 1 amide bonds. The number of piperidine rings is 1. The monoisotopic (exact) mass is 392 g/mol. The smallest absolute Gasteiger partial charge is 0.243 e. The number of ether oxygens (including phenoxy) is 1. The van der Waals surface area contributed by atoms with E-state index in [2.05, 4.69) is 10.4 Å². The molecule has 1 aromatic heterocycles. The van der Waals surface area contributed by atoms with Gasteiger partial charge in [-0.15, -0.1) is 0 Å². The van der Waals surface area contributed by atoms with Crippen LogP contribution in [0.15, 0.2) is 35.2 Å². The van der Waals surface area contributed by atoms with Crippen molar-refractivity contribution in [3.63, 3.8) is 0 Å². The third-order valence-corrected chi connectivity index (χ3v) is 6.58. The number of carbonyl (C=O) groups excluding carboxylic acids is 1. The molecule has 0 unspecified atom stereocenters. The van der Waals surface area contributed by atoms with E-state index in [0.29, 0.717) is 31.0 Å². The van der Waals surface area contributed by atoms with Gasteiger partial charge in [0, 0.05) is 26.2 Å². The Kier molecular flexibility index (Phi) is 5.52. The number of carbonyl (C=O) groups is 1. The molecule has 146 valence electrons. The van der Waals surface area contributed by atoms with Crippen molar-refractivity contribution in [2.45, 2.75) is 24.7 Å². The zero-order valence-corrected chi connectivity index (χ0v) is 16.5. The van der Waals surface area contributed by atoms with Gasteiger partial charge in [0.2, 0.25) is 15.9 Å². The summed E-state index contributed by atoms with van der Waals surface area (Å²) in [5.74, 6) is 0.610. The molecule has 2 aromatic rings. The molecule has 3 rings (SSSR count). The molecule has 0 bridgehead atoms. The number of amides is 1. The number of aromatic nitrogens is 2. The lowest BCUT2D eigenvalue weighted by Crippen LogP contribution is -2.43. The molecule has 2 heterocycles. The lowest BCUT2D eigenvalue weighted by Gasteiger charge is -2.31. The highest BCUT2D eigenvalue weighted by Crippen LogP contribution is 2.26. The van der Waals surface area contributed by atoms with Crippen LogP contribution in [0.3, 0.4) is 0 Å². The van der Waals surface area contributed by atoms with Gasteiger partial charge in [-0.3, -0.25) is 9.48 Å². The standard InChI is InChI=1S/C18H24N4O4S/c1-13-11-17(21(2)20-13)19-18(23)14-5-4-10-22(12-14)27(24,25)16-8-6-15(26-3)7-9-16/h6-9,11,14H,4-5,10,12H2,1-3H3,(H,19,23)/t14-/m0/s1. The molecule has 1 saturated heterocycles. The zero-order chi connectivity index (χ0) is 19.6. The quantitative estimate of drug-likeness (QED) is 0.837. The van der Waals surface area contributed by atoms with Crippen LogP contribution in [0.2, 0.25) is 0 Å². The van der Waals surface area contributed by atoms with Crippen LogP contribution in [0.25, 0.3) is 0 Å². The van der Waals surface area contributed by atoms with Crippen LogP contribution in [0.5, 0.6) is 5.75 Å². The molecular weight excluding hydrogens is 368 g/mol. The summed E-state index contributed by atoms with van der Waals surface area (Å²) in [6.45, 7) is 2.42. The average Bonchev–Trinajstić information content (AvgIpc) is 2.98. The van der Waals surface area contributed by atoms with Crippen LogP contribution >= 0.6 is 0 Å². The summed E-state index contributed by atoms with van der Waals surface area (Å²) in [5, 5.41) is 7.05. The zero-order valence-electron chi connectivity index (χ0n) is 15.7. The first-order chi connectivity index (χ1) is 12.8. The van der Waals surface area contributed by atoms with Crippen LogP contribution in [-0.4, -0.2) is 48.6 Å². The number of nitrogens with zero attached hydrogens (tertiary/aromatic N) is 3. The highest BCUT2D eigenvalue weighted by molar-refractivity contribution is 7.89. The minimum atomic E-state index is -3.65. The van der Waals surface area contributed by atoms with Gasteiger partial charge in [-0.05, 0) is 44.0 Å².